The first-order valence-corrected chi connectivity index (χ1v) is 8.34. The van der Waals surface area contributed by atoms with Crippen LogP contribution in [-0.2, 0) is 18.7 Å². The molecular formula is C13H14Cl2N4S. The van der Waals surface area contributed by atoms with Gasteiger partial charge in [0.2, 0.25) is 0 Å². The van der Waals surface area contributed by atoms with E-state index < -0.39 is 0 Å². The van der Waals surface area contributed by atoms with Gasteiger partial charge in [-0.25, -0.2) is 4.98 Å². The van der Waals surface area contributed by atoms with Crippen molar-refractivity contribution in [2.75, 3.05) is 0 Å². The van der Waals surface area contributed by atoms with Crippen LogP contribution in [0.25, 0.3) is 0 Å². The zero-order valence-electron chi connectivity index (χ0n) is 10.9. The summed E-state index contributed by atoms with van der Waals surface area (Å²) in [4.78, 5) is 4.26. The van der Waals surface area contributed by atoms with E-state index in [2.05, 4.69) is 19.7 Å². The van der Waals surface area contributed by atoms with Crippen LogP contribution in [0.1, 0.15) is 30.8 Å². The Labute approximate surface area is 131 Å². The van der Waals surface area contributed by atoms with E-state index in [1.165, 1.54) is 19.3 Å². The molecule has 0 saturated heterocycles. The Kier molecular flexibility index (Phi) is 4.48. The Bertz CT molecular complexity index is 614. The lowest BCUT2D eigenvalue weighted by atomic mass is 10.2. The molecule has 3 rings (SSSR count). The molecule has 0 N–H and O–H groups in total. The third-order valence-electron chi connectivity index (χ3n) is 3.30. The van der Waals surface area contributed by atoms with Crippen molar-refractivity contribution in [1.82, 2.24) is 19.7 Å². The summed E-state index contributed by atoms with van der Waals surface area (Å²) in [6.07, 6.45) is 4.66. The summed E-state index contributed by atoms with van der Waals surface area (Å²) in [6.45, 7) is 1.00. The molecule has 0 spiro atoms. The van der Waals surface area contributed by atoms with Gasteiger partial charge in [-0.3, -0.25) is 0 Å². The zero-order chi connectivity index (χ0) is 13.9. The topological polar surface area (TPSA) is 43.6 Å². The third kappa shape index (κ3) is 3.10. The maximum absolute atomic E-state index is 6.13. The predicted octanol–water partition coefficient (Wildman–Crippen LogP) is 4.00. The van der Waals surface area contributed by atoms with Gasteiger partial charge in [-0.05, 0) is 25.0 Å². The number of thioether (sulfide) groups is 1. The molecule has 0 atom stereocenters. The van der Waals surface area contributed by atoms with Gasteiger partial charge in [-0.15, -0.1) is 10.2 Å². The lowest BCUT2D eigenvalue weighted by molar-refractivity contribution is 0.591. The second-order valence-corrected chi connectivity index (χ2v) is 6.45. The van der Waals surface area contributed by atoms with E-state index in [9.17, 15) is 0 Å². The van der Waals surface area contributed by atoms with E-state index in [0.717, 1.165) is 29.6 Å². The highest BCUT2D eigenvalue weighted by atomic mass is 35.5. The molecule has 1 aliphatic rings. The minimum Gasteiger partial charge on any atom is -0.306 e. The van der Waals surface area contributed by atoms with Crippen molar-refractivity contribution in [3.05, 3.63) is 33.8 Å². The number of halogens is 2. The fraction of sp³-hybridized carbons (Fsp3) is 0.462. The third-order valence-corrected chi connectivity index (χ3v) is 4.83. The van der Waals surface area contributed by atoms with Gasteiger partial charge >= 0.3 is 0 Å². The molecule has 20 heavy (non-hydrogen) atoms. The van der Waals surface area contributed by atoms with Crippen molar-refractivity contribution < 1.29 is 0 Å². The number of aryl methyl sites for hydroxylation is 1. The molecule has 0 amide bonds. The van der Waals surface area contributed by atoms with Gasteiger partial charge < -0.3 is 4.57 Å². The summed E-state index contributed by atoms with van der Waals surface area (Å²) >= 11 is 13.6. The maximum Gasteiger partial charge on any atom is 0.191 e. The van der Waals surface area contributed by atoms with Crippen LogP contribution in [0.3, 0.4) is 0 Å². The van der Waals surface area contributed by atoms with Crippen LogP contribution in [0, 0.1) is 0 Å². The van der Waals surface area contributed by atoms with Crippen LogP contribution >= 0.6 is 35.0 Å². The molecule has 7 heteroatoms. The summed E-state index contributed by atoms with van der Waals surface area (Å²) in [6, 6.07) is 3.47. The zero-order valence-corrected chi connectivity index (χ0v) is 13.2. The smallest absolute Gasteiger partial charge is 0.191 e. The first kappa shape index (κ1) is 14.2. The Morgan fingerprint density at radius 3 is 2.95 bits per heavy atom. The van der Waals surface area contributed by atoms with E-state index in [-0.39, 0.29) is 0 Å². The summed E-state index contributed by atoms with van der Waals surface area (Å²) in [7, 11) is 0. The van der Waals surface area contributed by atoms with E-state index in [4.69, 9.17) is 23.2 Å². The molecule has 0 radical (unpaired) electrons. The molecule has 0 bridgehead atoms. The van der Waals surface area contributed by atoms with Crippen LogP contribution in [0.15, 0.2) is 17.3 Å². The molecule has 4 nitrogen and oxygen atoms in total. The van der Waals surface area contributed by atoms with Gasteiger partial charge in [0.1, 0.15) is 11.0 Å². The molecule has 0 saturated carbocycles. The number of hydrogen-bond acceptors (Lipinski definition) is 4. The van der Waals surface area contributed by atoms with Gasteiger partial charge in [-0.1, -0.05) is 41.4 Å². The molecule has 106 valence electrons. The molecular weight excluding hydrogens is 315 g/mol. The Balaban J connectivity index is 1.75. The van der Waals surface area contributed by atoms with E-state index in [0.29, 0.717) is 15.9 Å². The lowest BCUT2D eigenvalue weighted by Crippen LogP contribution is -2.02. The molecule has 0 aromatic carbocycles. The van der Waals surface area contributed by atoms with Gasteiger partial charge in [0.15, 0.2) is 5.16 Å². The number of fused-ring (bicyclic) bond motifs is 1. The molecule has 2 aromatic rings. The molecule has 1 aliphatic heterocycles. The molecule has 3 heterocycles. The van der Waals surface area contributed by atoms with Gasteiger partial charge in [0, 0.05) is 18.7 Å². The minimum atomic E-state index is 0.463. The fourth-order valence-electron chi connectivity index (χ4n) is 2.26. The van der Waals surface area contributed by atoms with Gasteiger partial charge in [-0.2, -0.15) is 0 Å². The first-order valence-electron chi connectivity index (χ1n) is 6.60. The molecule has 0 aliphatic carbocycles. The first-order chi connectivity index (χ1) is 9.74. The van der Waals surface area contributed by atoms with Crippen LogP contribution in [0.5, 0.6) is 0 Å². The van der Waals surface area contributed by atoms with Crippen molar-refractivity contribution in [3.63, 3.8) is 0 Å². The number of nitrogens with zero attached hydrogens (tertiary/aromatic N) is 4. The van der Waals surface area contributed by atoms with Crippen molar-refractivity contribution in [1.29, 1.82) is 0 Å². The van der Waals surface area contributed by atoms with Crippen molar-refractivity contribution in [2.24, 2.45) is 0 Å². The molecule has 0 fully saturated rings. The summed E-state index contributed by atoms with van der Waals surface area (Å²) in [5.74, 6) is 1.74. The molecule has 0 unspecified atom stereocenters. The minimum absolute atomic E-state index is 0.463. The lowest BCUT2D eigenvalue weighted by Gasteiger charge is -2.07. The van der Waals surface area contributed by atoms with Gasteiger partial charge in [0.25, 0.3) is 0 Å². The summed E-state index contributed by atoms with van der Waals surface area (Å²) in [5.41, 5.74) is 0.787. The molecule has 2 aromatic heterocycles. The normalized spacial score (nSPS) is 14.9. The Morgan fingerprint density at radius 2 is 2.05 bits per heavy atom. The standard InChI is InChI=1S/C13H14Cl2N4S/c14-9-5-6-11(15)16-10(9)8-20-13-18-17-12-4-2-1-3-7-19(12)13/h5-6H,1-4,7-8H2. The second kappa shape index (κ2) is 6.33. The Hall–Kier alpha value is -0.780. The second-order valence-electron chi connectivity index (χ2n) is 4.71. The van der Waals surface area contributed by atoms with Crippen molar-refractivity contribution >= 4 is 35.0 Å². The maximum atomic E-state index is 6.13. The van der Waals surface area contributed by atoms with E-state index in [1.807, 2.05) is 0 Å². The quantitative estimate of drug-likeness (QED) is 0.631. The highest BCUT2D eigenvalue weighted by Crippen LogP contribution is 2.27. The largest absolute Gasteiger partial charge is 0.306 e. The van der Waals surface area contributed by atoms with Crippen LogP contribution in [-0.4, -0.2) is 19.7 Å². The SMILES string of the molecule is Clc1ccc(Cl)c(CSc2nnc3n2CCCCC3)n1. The average Bonchev–Trinajstić information content (AvgIpc) is 2.68. The van der Waals surface area contributed by atoms with Crippen molar-refractivity contribution in [2.45, 2.75) is 43.1 Å². The summed E-state index contributed by atoms with van der Waals surface area (Å²) < 4.78 is 2.22. The summed E-state index contributed by atoms with van der Waals surface area (Å²) in [5, 5.41) is 10.6. The number of rotatable bonds is 3. The predicted molar refractivity (Wildman–Crippen MR) is 81.4 cm³/mol. The van der Waals surface area contributed by atoms with Crippen LogP contribution in [0.4, 0.5) is 0 Å². The van der Waals surface area contributed by atoms with E-state index in [1.54, 1.807) is 23.9 Å². The highest BCUT2D eigenvalue weighted by Gasteiger charge is 2.15. The Morgan fingerprint density at radius 1 is 1.15 bits per heavy atom. The highest BCUT2D eigenvalue weighted by molar-refractivity contribution is 7.98. The van der Waals surface area contributed by atoms with Crippen LogP contribution < -0.4 is 0 Å². The van der Waals surface area contributed by atoms with E-state index >= 15 is 0 Å². The number of aromatic nitrogens is 4. The van der Waals surface area contributed by atoms with Crippen molar-refractivity contribution in [3.8, 4) is 0 Å². The number of pyridine rings is 1. The fourth-order valence-corrected chi connectivity index (χ4v) is 3.61. The van der Waals surface area contributed by atoms with Gasteiger partial charge in [0.05, 0.1) is 10.7 Å². The average molecular weight is 329 g/mol. The van der Waals surface area contributed by atoms with Crippen LogP contribution in [0.2, 0.25) is 10.2 Å². The number of hydrogen-bond donors (Lipinski definition) is 0. The monoisotopic (exact) mass is 328 g/mol.